The molecule has 22 heavy (non-hydrogen) atoms. The van der Waals surface area contributed by atoms with E-state index in [1.165, 1.54) is 16.9 Å². The molecule has 0 bridgehead atoms. The number of thiazole rings is 1. The van der Waals surface area contributed by atoms with Crippen LogP contribution in [0.2, 0.25) is 0 Å². The Morgan fingerprint density at radius 3 is 2.55 bits per heavy atom. The third kappa shape index (κ3) is 3.20. The fourth-order valence-electron chi connectivity index (χ4n) is 2.44. The summed E-state index contributed by atoms with van der Waals surface area (Å²) in [4.78, 5) is 18.7. The second kappa shape index (κ2) is 6.58. The Morgan fingerprint density at radius 1 is 1.23 bits per heavy atom. The minimum atomic E-state index is 0.00426. The number of benzene rings is 1. The predicted octanol–water partition coefficient (Wildman–Crippen LogP) is 3.41. The number of carbonyl (C=O) groups excluding carboxylic acids is 1. The normalized spacial score (nSPS) is 15.3. The maximum Gasteiger partial charge on any atom is 0.273 e. The van der Waals surface area contributed by atoms with Gasteiger partial charge in [-0.3, -0.25) is 4.79 Å². The summed E-state index contributed by atoms with van der Waals surface area (Å²) in [5.74, 6) is 0.522. The smallest absolute Gasteiger partial charge is 0.273 e. The SMILES string of the molecule is CC(C)c1ccc(-c2nc(C(=O)N3CCOCC3)cs2)cc1. The summed E-state index contributed by atoms with van der Waals surface area (Å²) in [5, 5.41) is 2.75. The highest BCUT2D eigenvalue weighted by atomic mass is 32.1. The summed E-state index contributed by atoms with van der Waals surface area (Å²) < 4.78 is 5.28. The van der Waals surface area contributed by atoms with E-state index in [1.54, 1.807) is 0 Å². The molecule has 0 atom stereocenters. The molecule has 1 fully saturated rings. The van der Waals surface area contributed by atoms with Crippen molar-refractivity contribution in [1.82, 2.24) is 9.88 Å². The summed E-state index contributed by atoms with van der Waals surface area (Å²) in [5.41, 5.74) is 2.91. The highest BCUT2D eigenvalue weighted by molar-refractivity contribution is 7.13. The van der Waals surface area contributed by atoms with Crippen molar-refractivity contribution in [2.45, 2.75) is 19.8 Å². The van der Waals surface area contributed by atoms with Crippen LogP contribution in [-0.2, 0) is 4.74 Å². The zero-order valence-corrected chi connectivity index (χ0v) is 13.7. The van der Waals surface area contributed by atoms with E-state index in [0.717, 1.165) is 10.6 Å². The van der Waals surface area contributed by atoms with Crippen molar-refractivity contribution in [1.29, 1.82) is 0 Å². The van der Waals surface area contributed by atoms with Crippen LogP contribution >= 0.6 is 11.3 Å². The van der Waals surface area contributed by atoms with Gasteiger partial charge < -0.3 is 9.64 Å². The van der Waals surface area contributed by atoms with Crippen molar-refractivity contribution >= 4 is 17.2 Å². The largest absolute Gasteiger partial charge is 0.378 e. The molecule has 0 N–H and O–H groups in total. The van der Waals surface area contributed by atoms with Gasteiger partial charge in [0.1, 0.15) is 10.7 Å². The first kappa shape index (κ1) is 15.2. The maximum absolute atomic E-state index is 12.4. The third-order valence-corrected chi connectivity index (χ3v) is 4.74. The fourth-order valence-corrected chi connectivity index (χ4v) is 3.24. The Bertz CT molecular complexity index is 643. The average molecular weight is 316 g/mol. The van der Waals surface area contributed by atoms with Gasteiger partial charge in [0.25, 0.3) is 5.91 Å². The molecule has 3 rings (SSSR count). The third-order valence-electron chi connectivity index (χ3n) is 3.85. The van der Waals surface area contributed by atoms with E-state index in [2.05, 4.69) is 43.1 Å². The zero-order valence-electron chi connectivity index (χ0n) is 12.9. The van der Waals surface area contributed by atoms with Gasteiger partial charge in [0.15, 0.2) is 0 Å². The Labute approximate surface area is 134 Å². The van der Waals surface area contributed by atoms with Crippen LogP contribution in [0.5, 0.6) is 0 Å². The van der Waals surface area contributed by atoms with E-state index in [0.29, 0.717) is 37.9 Å². The number of nitrogens with zero attached hydrogens (tertiary/aromatic N) is 2. The highest BCUT2D eigenvalue weighted by Gasteiger charge is 2.21. The molecule has 1 aliphatic heterocycles. The lowest BCUT2D eigenvalue weighted by Crippen LogP contribution is -2.40. The van der Waals surface area contributed by atoms with Gasteiger partial charge in [0, 0.05) is 24.0 Å². The van der Waals surface area contributed by atoms with Gasteiger partial charge in [-0.05, 0) is 11.5 Å². The van der Waals surface area contributed by atoms with Crippen molar-refractivity contribution in [3.63, 3.8) is 0 Å². The van der Waals surface area contributed by atoms with E-state index >= 15 is 0 Å². The Balaban J connectivity index is 1.76. The molecule has 1 aromatic heterocycles. The van der Waals surface area contributed by atoms with Crippen LogP contribution in [-0.4, -0.2) is 42.1 Å². The molecular weight excluding hydrogens is 296 g/mol. The molecule has 116 valence electrons. The minimum Gasteiger partial charge on any atom is -0.378 e. The molecule has 4 nitrogen and oxygen atoms in total. The number of amides is 1. The lowest BCUT2D eigenvalue weighted by Gasteiger charge is -2.25. The number of morpholine rings is 1. The second-order valence-electron chi connectivity index (χ2n) is 5.72. The molecule has 0 aliphatic carbocycles. The van der Waals surface area contributed by atoms with Crippen LogP contribution < -0.4 is 0 Å². The van der Waals surface area contributed by atoms with Gasteiger partial charge in [-0.1, -0.05) is 38.1 Å². The first-order valence-electron chi connectivity index (χ1n) is 7.58. The van der Waals surface area contributed by atoms with Gasteiger partial charge in [0.05, 0.1) is 13.2 Å². The lowest BCUT2D eigenvalue weighted by atomic mass is 10.0. The number of hydrogen-bond acceptors (Lipinski definition) is 4. The van der Waals surface area contributed by atoms with E-state index in [4.69, 9.17) is 4.74 Å². The number of ether oxygens (including phenoxy) is 1. The highest BCUT2D eigenvalue weighted by Crippen LogP contribution is 2.26. The molecule has 1 saturated heterocycles. The van der Waals surface area contributed by atoms with Crippen molar-refractivity contribution in [3.05, 3.63) is 40.9 Å². The predicted molar refractivity (Wildman–Crippen MR) is 88.4 cm³/mol. The molecule has 1 aliphatic rings. The first-order chi connectivity index (χ1) is 10.6. The molecule has 2 heterocycles. The number of carbonyl (C=O) groups is 1. The Morgan fingerprint density at radius 2 is 1.91 bits per heavy atom. The molecule has 5 heteroatoms. The average Bonchev–Trinajstić information content (AvgIpc) is 3.05. The number of aromatic nitrogens is 1. The fraction of sp³-hybridized carbons (Fsp3) is 0.412. The lowest BCUT2D eigenvalue weighted by molar-refractivity contribution is 0.0299. The van der Waals surface area contributed by atoms with E-state index in [1.807, 2.05) is 10.3 Å². The summed E-state index contributed by atoms with van der Waals surface area (Å²) in [6, 6.07) is 8.42. The van der Waals surface area contributed by atoms with Crippen molar-refractivity contribution < 1.29 is 9.53 Å². The molecule has 0 saturated carbocycles. The molecule has 0 unspecified atom stereocenters. The zero-order chi connectivity index (χ0) is 15.5. The molecular formula is C17H20N2O2S. The van der Waals surface area contributed by atoms with Crippen molar-refractivity contribution in [2.24, 2.45) is 0 Å². The molecule has 0 spiro atoms. The topological polar surface area (TPSA) is 42.4 Å². The second-order valence-corrected chi connectivity index (χ2v) is 6.58. The molecule has 1 aromatic carbocycles. The number of rotatable bonds is 3. The van der Waals surface area contributed by atoms with Gasteiger partial charge in [-0.2, -0.15) is 0 Å². The van der Waals surface area contributed by atoms with Crippen molar-refractivity contribution in [2.75, 3.05) is 26.3 Å². The molecule has 2 aromatic rings. The van der Waals surface area contributed by atoms with Crippen molar-refractivity contribution in [3.8, 4) is 10.6 Å². The summed E-state index contributed by atoms with van der Waals surface area (Å²) >= 11 is 1.52. The molecule has 1 amide bonds. The van der Waals surface area contributed by atoms with Gasteiger partial charge in [0.2, 0.25) is 0 Å². The number of hydrogen-bond donors (Lipinski definition) is 0. The van der Waals surface area contributed by atoms with E-state index < -0.39 is 0 Å². The van der Waals surface area contributed by atoms with Crippen LogP contribution in [0.3, 0.4) is 0 Å². The minimum absolute atomic E-state index is 0.00426. The monoisotopic (exact) mass is 316 g/mol. The summed E-state index contributed by atoms with van der Waals surface area (Å²) in [6.45, 7) is 6.87. The summed E-state index contributed by atoms with van der Waals surface area (Å²) in [7, 11) is 0. The van der Waals surface area contributed by atoms with Crippen LogP contribution in [0.4, 0.5) is 0 Å². The van der Waals surface area contributed by atoms with Crippen LogP contribution in [0.1, 0.15) is 35.8 Å². The quantitative estimate of drug-likeness (QED) is 0.871. The maximum atomic E-state index is 12.4. The standard InChI is InChI=1S/C17H20N2O2S/c1-12(2)13-3-5-14(6-4-13)16-18-15(11-22-16)17(20)19-7-9-21-10-8-19/h3-6,11-12H,7-10H2,1-2H3. The van der Waals surface area contributed by atoms with Crippen LogP contribution in [0, 0.1) is 0 Å². The van der Waals surface area contributed by atoms with Gasteiger partial charge in [-0.25, -0.2) is 4.98 Å². The van der Waals surface area contributed by atoms with Gasteiger partial charge >= 0.3 is 0 Å². The Kier molecular flexibility index (Phi) is 4.55. The van der Waals surface area contributed by atoms with E-state index in [-0.39, 0.29) is 5.91 Å². The first-order valence-corrected chi connectivity index (χ1v) is 8.46. The van der Waals surface area contributed by atoms with E-state index in [9.17, 15) is 4.79 Å². The van der Waals surface area contributed by atoms with Crippen LogP contribution in [0.15, 0.2) is 29.6 Å². The van der Waals surface area contributed by atoms with Gasteiger partial charge in [-0.15, -0.1) is 11.3 Å². The summed E-state index contributed by atoms with van der Waals surface area (Å²) in [6.07, 6.45) is 0. The molecule has 0 radical (unpaired) electrons. The Hall–Kier alpha value is -1.72. The van der Waals surface area contributed by atoms with Crippen LogP contribution in [0.25, 0.3) is 10.6 Å².